The van der Waals surface area contributed by atoms with Gasteiger partial charge in [-0.1, -0.05) is 6.92 Å². The molecule has 1 aromatic rings. The van der Waals surface area contributed by atoms with Crippen LogP contribution in [0.1, 0.15) is 38.8 Å². The minimum absolute atomic E-state index is 0.393. The SMILES string of the molecule is CCCNCc1cc(N(CC)CC2CCCO2)ccn1. The molecule has 0 spiro atoms. The molecule has 0 radical (unpaired) electrons. The van der Waals surface area contributed by atoms with Gasteiger partial charge in [0.2, 0.25) is 0 Å². The van der Waals surface area contributed by atoms with Crippen LogP contribution in [0, 0.1) is 0 Å². The van der Waals surface area contributed by atoms with Crippen LogP contribution in [0.2, 0.25) is 0 Å². The highest BCUT2D eigenvalue weighted by atomic mass is 16.5. The predicted octanol–water partition coefficient (Wildman–Crippen LogP) is 2.59. The summed E-state index contributed by atoms with van der Waals surface area (Å²) in [6.07, 6.45) is 5.85. The minimum Gasteiger partial charge on any atom is -0.376 e. The molecule has 1 saturated heterocycles. The fourth-order valence-electron chi connectivity index (χ4n) is 2.60. The van der Waals surface area contributed by atoms with Crippen molar-refractivity contribution in [2.45, 2.75) is 45.8 Å². The normalized spacial score (nSPS) is 18.4. The van der Waals surface area contributed by atoms with Crippen LogP contribution in [-0.2, 0) is 11.3 Å². The maximum absolute atomic E-state index is 5.75. The Morgan fingerprint density at radius 1 is 1.45 bits per heavy atom. The first-order valence-corrected chi connectivity index (χ1v) is 7.85. The van der Waals surface area contributed by atoms with E-state index in [1.54, 1.807) is 0 Å². The van der Waals surface area contributed by atoms with Gasteiger partial charge in [-0.05, 0) is 44.9 Å². The van der Waals surface area contributed by atoms with E-state index in [1.807, 2.05) is 6.20 Å². The largest absolute Gasteiger partial charge is 0.376 e. The summed E-state index contributed by atoms with van der Waals surface area (Å²) in [5, 5.41) is 3.40. The Hall–Kier alpha value is -1.13. The molecule has 1 unspecified atom stereocenters. The summed E-state index contributed by atoms with van der Waals surface area (Å²) in [5.74, 6) is 0. The summed E-state index contributed by atoms with van der Waals surface area (Å²) in [6, 6.07) is 4.29. The number of hydrogen-bond acceptors (Lipinski definition) is 4. The average molecular weight is 277 g/mol. The van der Waals surface area contributed by atoms with E-state index in [9.17, 15) is 0 Å². The molecule has 1 aliphatic rings. The van der Waals surface area contributed by atoms with Crippen molar-refractivity contribution in [1.82, 2.24) is 10.3 Å². The first-order valence-electron chi connectivity index (χ1n) is 7.85. The highest BCUT2D eigenvalue weighted by molar-refractivity contribution is 5.46. The molecule has 1 N–H and O–H groups in total. The lowest BCUT2D eigenvalue weighted by Crippen LogP contribution is -2.32. The van der Waals surface area contributed by atoms with Gasteiger partial charge in [0.05, 0.1) is 11.8 Å². The Morgan fingerprint density at radius 2 is 2.35 bits per heavy atom. The summed E-state index contributed by atoms with van der Waals surface area (Å²) in [7, 11) is 0. The zero-order valence-electron chi connectivity index (χ0n) is 12.8. The van der Waals surface area contributed by atoms with E-state index in [2.05, 4.69) is 41.2 Å². The van der Waals surface area contributed by atoms with E-state index in [1.165, 1.54) is 18.5 Å². The van der Waals surface area contributed by atoms with Crippen LogP contribution < -0.4 is 10.2 Å². The topological polar surface area (TPSA) is 37.4 Å². The van der Waals surface area contributed by atoms with Crippen LogP contribution in [0.3, 0.4) is 0 Å². The number of pyridine rings is 1. The lowest BCUT2D eigenvalue weighted by atomic mass is 10.2. The van der Waals surface area contributed by atoms with Crippen LogP contribution in [0.15, 0.2) is 18.3 Å². The summed E-state index contributed by atoms with van der Waals surface area (Å²) < 4.78 is 5.75. The monoisotopic (exact) mass is 277 g/mol. The molecule has 0 aliphatic carbocycles. The molecule has 4 nitrogen and oxygen atoms in total. The molecule has 1 aromatic heterocycles. The predicted molar refractivity (Wildman–Crippen MR) is 83.1 cm³/mol. The van der Waals surface area contributed by atoms with E-state index < -0.39 is 0 Å². The molecule has 0 bridgehead atoms. The standard InChI is InChI=1S/C16H27N3O/c1-3-8-17-12-14-11-15(7-9-18-14)19(4-2)13-16-6-5-10-20-16/h7,9,11,16-17H,3-6,8,10,12-13H2,1-2H3. The second-order valence-electron chi connectivity index (χ2n) is 5.36. The summed E-state index contributed by atoms with van der Waals surface area (Å²) in [6.45, 7) is 9.18. The Kier molecular flexibility index (Phi) is 6.27. The van der Waals surface area contributed by atoms with Crippen LogP contribution in [0.4, 0.5) is 5.69 Å². The van der Waals surface area contributed by atoms with Gasteiger partial charge in [0.15, 0.2) is 0 Å². The molecular weight excluding hydrogens is 250 g/mol. The van der Waals surface area contributed by atoms with E-state index in [-0.39, 0.29) is 0 Å². The number of hydrogen-bond donors (Lipinski definition) is 1. The van der Waals surface area contributed by atoms with E-state index in [4.69, 9.17) is 4.74 Å². The van der Waals surface area contributed by atoms with Crippen molar-refractivity contribution in [3.63, 3.8) is 0 Å². The van der Waals surface area contributed by atoms with Crippen LogP contribution >= 0.6 is 0 Å². The Morgan fingerprint density at radius 3 is 3.05 bits per heavy atom. The third kappa shape index (κ3) is 4.46. The van der Waals surface area contributed by atoms with Crippen molar-refractivity contribution in [2.75, 3.05) is 31.1 Å². The lowest BCUT2D eigenvalue weighted by Gasteiger charge is -2.26. The molecule has 1 fully saturated rings. The maximum Gasteiger partial charge on any atom is 0.0750 e. The summed E-state index contributed by atoms with van der Waals surface area (Å²) >= 11 is 0. The summed E-state index contributed by atoms with van der Waals surface area (Å²) in [4.78, 5) is 6.83. The molecule has 112 valence electrons. The van der Waals surface area contributed by atoms with Crippen molar-refractivity contribution >= 4 is 5.69 Å². The number of anilines is 1. The number of nitrogens with zero attached hydrogens (tertiary/aromatic N) is 2. The number of nitrogens with one attached hydrogen (secondary N) is 1. The number of rotatable bonds is 8. The van der Waals surface area contributed by atoms with Crippen LogP contribution in [0.5, 0.6) is 0 Å². The van der Waals surface area contributed by atoms with Gasteiger partial charge in [-0.15, -0.1) is 0 Å². The van der Waals surface area contributed by atoms with Gasteiger partial charge >= 0.3 is 0 Å². The molecule has 1 aliphatic heterocycles. The van der Waals surface area contributed by atoms with Gasteiger partial charge < -0.3 is 15.0 Å². The van der Waals surface area contributed by atoms with Crippen LogP contribution in [-0.4, -0.2) is 37.3 Å². The molecule has 0 aromatic carbocycles. The molecule has 0 amide bonds. The van der Waals surface area contributed by atoms with Gasteiger partial charge in [-0.2, -0.15) is 0 Å². The third-order valence-corrected chi connectivity index (χ3v) is 3.73. The number of aromatic nitrogens is 1. The molecule has 2 rings (SSSR count). The zero-order chi connectivity index (χ0) is 14.2. The van der Waals surface area contributed by atoms with E-state index in [0.717, 1.165) is 44.9 Å². The van der Waals surface area contributed by atoms with Gasteiger partial charge in [0.1, 0.15) is 0 Å². The third-order valence-electron chi connectivity index (χ3n) is 3.73. The quantitative estimate of drug-likeness (QED) is 0.741. The average Bonchev–Trinajstić information content (AvgIpc) is 2.98. The second-order valence-corrected chi connectivity index (χ2v) is 5.36. The molecule has 0 saturated carbocycles. The second kappa shape index (κ2) is 8.22. The fourth-order valence-corrected chi connectivity index (χ4v) is 2.60. The molecule has 20 heavy (non-hydrogen) atoms. The van der Waals surface area contributed by atoms with Crippen molar-refractivity contribution in [3.8, 4) is 0 Å². The number of ether oxygens (including phenoxy) is 1. The number of likely N-dealkylation sites (N-methyl/N-ethyl adjacent to an activating group) is 1. The zero-order valence-corrected chi connectivity index (χ0v) is 12.8. The lowest BCUT2D eigenvalue weighted by molar-refractivity contribution is 0.115. The van der Waals surface area contributed by atoms with E-state index in [0.29, 0.717) is 6.10 Å². The van der Waals surface area contributed by atoms with Gasteiger partial charge in [0, 0.05) is 38.1 Å². The Balaban J connectivity index is 1.95. The summed E-state index contributed by atoms with van der Waals surface area (Å²) in [5.41, 5.74) is 2.37. The highest BCUT2D eigenvalue weighted by Gasteiger charge is 2.18. The highest BCUT2D eigenvalue weighted by Crippen LogP contribution is 2.19. The molecule has 2 heterocycles. The first kappa shape index (κ1) is 15.3. The van der Waals surface area contributed by atoms with Crippen molar-refractivity contribution < 1.29 is 4.74 Å². The van der Waals surface area contributed by atoms with Crippen molar-refractivity contribution in [2.24, 2.45) is 0 Å². The minimum atomic E-state index is 0.393. The maximum atomic E-state index is 5.75. The van der Waals surface area contributed by atoms with E-state index >= 15 is 0 Å². The van der Waals surface area contributed by atoms with Crippen molar-refractivity contribution in [3.05, 3.63) is 24.0 Å². The smallest absolute Gasteiger partial charge is 0.0750 e. The molecular formula is C16H27N3O. The van der Waals surface area contributed by atoms with Crippen LogP contribution in [0.25, 0.3) is 0 Å². The Bertz CT molecular complexity index is 391. The first-order chi connectivity index (χ1) is 9.83. The van der Waals surface area contributed by atoms with Gasteiger partial charge in [0.25, 0.3) is 0 Å². The molecule has 4 heteroatoms. The van der Waals surface area contributed by atoms with Gasteiger partial charge in [-0.25, -0.2) is 0 Å². The van der Waals surface area contributed by atoms with Gasteiger partial charge in [-0.3, -0.25) is 4.98 Å². The Labute approximate surface area is 122 Å². The molecule has 1 atom stereocenters. The van der Waals surface area contributed by atoms with Crippen molar-refractivity contribution in [1.29, 1.82) is 0 Å². The fraction of sp³-hybridized carbons (Fsp3) is 0.688.